The molecule has 0 aliphatic heterocycles. The molecule has 0 spiro atoms. The van der Waals surface area contributed by atoms with Crippen LogP contribution in [0, 0.1) is 0 Å². The molecule has 0 bridgehead atoms. The van der Waals surface area contributed by atoms with Crippen molar-refractivity contribution in [2.45, 2.75) is 37.6 Å². The Hall–Kier alpha value is -1.14. The number of hydrogen-bond donors (Lipinski definition) is 2. The number of hydrogen-bond acceptors (Lipinski definition) is 5. The maximum Gasteiger partial charge on any atom is 0.226 e. The van der Waals surface area contributed by atoms with Gasteiger partial charge in [-0.2, -0.15) is 0 Å². The molecule has 1 amide bonds. The molecule has 1 aliphatic carbocycles. The van der Waals surface area contributed by atoms with Gasteiger partial charge in [0.05, 0.1) is 12.1 Å². The summed E-state index contributed by atoms with van der Waals surface area (Å²) in [5.74, 6) is 0.0263. The number of rotatable bonds is 5. The van der Waals surface area contributed by atoms with Gasteiger partial charge in [-0.15, -0.1) is 11.3 Å². The van der Waals surface area contributed by atoms with Crippen LogP contribution >= 0.6 is 11.3 Å². The fraction of sp³-hybridized carbons (Fsp3) is 0.692. The van der Waals surface area contributed by atoms with Crippen molar-refractivity contribution in [3.8, 4) is 0 Å². The van der Waals surface area contributed by atoms with Gasteiger partial charge in [-0.05, 0) is 26.9 Å². The van der Waals surface area contributed by atoms with Crippen LogP contribution in [-0.4, -0.2) is 42.0 Å². The maximum atomic E-state index is 11.9. The quantitative estimate of drug-likeness (QED) is 0.853. The Morgan fingerprint density at radius 2 is 2.21 bits per heavy atom. The lowest BCUT2D eigenvalue weighted by molar-refractivity contribution is -0.121. The number of carbonyl (C=O) groups excluding carboxylic acids is 1. The Balaban J connectivity index is 1.85. The lowest BCUT2D eigenvalue weighted by Crippen LogP contribution is -2.51. The first kappa shape index (κ1) is 14.3. The number of anilines is 1. The van der Waals surface area contributed by atoms with Crippen molar-refractivity contribution in [3.63, 3.8) is 0 Å². The van der Waals surface area contributed by atoms with Crippen LogP contribution in [0.4, 0.5) is 5.13 Å². The molecular weight excluding hydrogens is 260 g/mol. The summed E-state index contributed by atoms with van der Waals surface area (Å²) >= 11 is 1.37. The highest BCUT2D eigenvalue weighted by Crippen LogP contribution is 2.33. The van der Waals surface area contributed by atoms with E-state index in [2.05, 4.69) is 29.3 Å². The van der Waals surface area contributed by atoms with Crippen LogP contribution < -0.4 is 11.1 Å². The Labute approximate surface area is 118 Å². The number of aromatic nitrogens is 1. The molecule has 1 aromatic heterocycles. The minimum atomic E-state index is 0.0263. The smallest absolute Gasteiger partial charge is 0.226 e. The fourth-order valence-electron chi connectivity index (χ4n) is 2.71. The highest BCUT2D eigenvalue weighted by molar-refractivity contribution is 7.13. The van der Waals surface area contributed by atoms with E-state index in [0.29, 0.717) is 11.6 Å². The fourth-order valence-corrected chi connectivity index (χ4v) is 3.27. The molecule has 2 rings (SSSR count). The number of likely N-dealkylation sites (N-methyl/N-ethyl adjacent to an activating group) is 1. The number of nitrogens with zero attached hydrogens (tertiary/aromatic N) is 2. The summed E-state index contributed by atoms with van der Waals surface area (Å²) in [7, 11) is 4.19. The predicted octanol–water partition coefficient (Wildman–Crippen LogP) is 1.26. The first-order chi connectivity index (χ1) is 9.02. The van der Waals surface area contributed by atoms with Crippen LogP contribution in [0.3, 0.4) is 0 Å². The van der Waals surface area contributed by atoms with E-state index >= 15 is 0 Å². The summed E-state index contributed by atoms with van der Waals surface area (Å²) in [6.07, 6.45) is 5.12. The molecule has 3 N–H and O–H groups in total. The molecule has 1 saturated carbocycles. The standard InChI is InChI=1S/C13H22N4OS/c1-17(2)13(5-3-4-6-13)9-15-11(18)7-10-8-19-12(14)16-10/h8H,3-7,9H2,1-2H3,(H2,14,16)(H,15,18). The van der Waals surface area contributed by atoms with Gasteiger partial charge in [0.25, 0.3) is 0 Å². The van der Waals surface area contributed by atoms with Gasteiger partial charge in [0.15, 0.2) is 5.13 Å². The number of nitrogen functional groups attached to an aromatic ring is 1. The van der Waals surface area contributed by atoms with Crippen LogP contribution in [0.25, 0.3) is 0 Å². The minimum Gasteiger partial charge on any atom is -0.375 e. The first-order valence-electron chi connectivity index (χ1n) is 6.66. The number of nitrogens with one attached hydrogen (secondary N) is 1. The van der Waals surface area contributed by atoms with E-state index in [4.69, 9.17) is 5.73 Å². The van der Waals surface area contributed by atoms with Gasteiger partial charge >= 0.3 is 0 Å². The monoisotopic (exact) mass is 282 g/mol. The second-order valence-corrected chi connectivity index (χ2v) is 6.35. The second-order valence-electron chi connectivity index (χ2n) is 5.46. The van der Waals surface area contributed by atoms with Crippen LogP contribution in [0.15, 0.2) is 5.38 Å². The zero-order valence-corrected chi connectivity index (χ0v) is 12.4. The predicted molar refractivity (Wildman–Crippen MR) is 78.1 cm³/mol. The minimum absolute atomic E-state index is 0.0263. The average molecular weight is 282 g/mol. The molecule has 1 heterocycles. The number of nitrogens with two attached hydrogens (primary N) is 1. The maximum absolute atomic E-state index is 11.9. The Morgan fingerprint density at radius 3 is 2.74 bits per heavy atom. The van der Waals surface area contributed by atoms with Crippen molar-refractivity contribution < 1.29 is 4.79 Å². The van der Waals surface area contributed by atoms with Gasteiger partial charge < -0.3 is 16.0 Å². The molecular formula is C13H22N4OS. The molecule has 0 radical (unpaired) electrons. The third-order valence-electron chi connectivity index (χ3n) is 4.01. The summed E-state index contributed by atoms with van der Waals surface area (Å²) < 4.78 is 0. The van der Waals surface area contributed by atoms with Gasteiger partial charge in [0, 0.05) is 17.5 Å². The molecule has 1 fully saturated rings. The highest BCUT2D eigenvalue weighted by Gasteiger charge is 2.36. The van der Waals surface area contributed by atoms with Crippen molar-refractivity contribution in [2.75, 3.05) is 26.4 Å². The summed E-state index contributed by atoms with van der Waals surface area (Å²) in [5, 5.41) is 5.40. The van der Waals surface area contributed by atoms with Crippen molar-refractivity contribution in [1.29, 1.82) is 0 Å². The Bertz CT molecular complexity index is 438. The van der Waals surface area contributed by atoms with E-state index in [0.717, 1.165) is 25.1 Å². The highest BCUT2D eigenvalue weighted by atomic mass is 32.1. The molecule has 0 unspecified atom stereocenters. The molecule has 1 aliphatic rings. The SMILES string of the molecule is CN(C)C1(CNC(=O)Cc2csc(N)n2)CCCC1. The largest absolute Gasteiger partial charge is 0.375 e. The third kappa shape index (κ3) is 3.45. The van der Waals surface area contributed by atoms with Crippen molar-refractivity contribution in [1.82, 2.24) is 15.2 Å². The molecule has 6 heteroatoms. The van der Waals surface area contributed by atoms with E-state index in [9.17, 15) is 4.79 Å². The van der Waals surface area contributed by atoms with Crippen molar-refractivity contribution >= 4 is 22.4 Å². The summed E-state index contributed by atoms with van der Waals surface area (Å²) in [6.45, 7) is 0.721. The average Bonchev–Trinajstić information content (AvgIpc) is 2.97. The lowest BCUT2D eigenvalue weighted by Gasteiger charge is -2.36. The van der Waals surface area contributed by atoms with E-state index in [1.807, 2.05) is 5.38 Å². The Kier molecular flexibility index (Phi) is 4.42. The summed E-state index contributed by atoms with van der Waals surface area (Å²) in [5.41, 5.74) is 6.45. The normalized spacial score (nSPS) is 17.8. The lowest BCUT2D eigenvalue weighted by atomic mass is 9.96. The summed E-state index contributed by atoms with van der Waals surface area (Å²) in [4.78, 5) is 18.3. The van der Waals surface area contributed by atoms with E-state index in [1.54, 1.807) is 0 Å². The second kappa shape index (κ2) is 5.88. The molecule has 1 aromatic rings. The zero-order chi connectivity index (χ0) is 13.9. The van der Waals surface area contributed by atoms with E-state index < -0.39 is 0 Å². The van der Waals surface area contributed by atoms with Crippen molar-refractivity contribution in [2.24, 2.45) is 0 Å². The van der Waals surface area contributed by atoms with Crippen LogP contribution in [0.1, 0.15) is 31.4 Å². The first-order valence-corrected chi connectivity index (χ1v) is 7.54. The van der Waals surface area contributed by atoms with Gasteiger partial charge in [0.2, 0.25) is 5.91 Å². The number of carbonyl (C=O) groups is 1. The van der Waals surface area contributed by atoms with Gasteiger partial charge in [-0.1, -0.05) is 12.8 Å². The number of thiazole rings is 1. The third-order valence-corrected chi connectivity index (χ3v) is 4.73. The summed E-state index contributed by atoms with van der Waals surface area (Å²) in [6, 6.07) is 0. The zero-order valence-electron chi connectivity index (χ0n) is 11.6. The molecule has 0 aromatic carbocycles. The van der Waals surface area contributed by atoms with Gasteiger partial charge in [0.1, 0.15) is 0 Å². The van der Waals surface area contributed by atoms with E-state index in [1.165, 1.54) is 24.2 Å². The van der Waals surface area contributed by atoms with Gasteiger partial charge in [-0.25, -0.2) is 4.98 Å². The van der Waals surface area contributed by atoms with Crippen LogP contribution in [0.2, 0.25) is 0 Å². The van der Waals surface area contributed by atoms with Crippen molar-refractivity contribution in [3.05, 3.63) is 11.1 Å². The topological polar surface area (TPSA) is 71.2 Å². The molecule has 106 valence electrons. The molecule has 0 atom stereocenters. The van der Waals surface area contributed by atoms with E-state index in [-0.39, 0.29) is 11.4 Å². The molecule has 19 heavy (non-hydrogen) atoms. The Morgan fingerprint density at radius 1 is 1.53 bits per heavy atom. The van der Waals surface area contributed by atoms with Crippen LogP contribution in [0.5, 0.6) is 0 Å². The van der Waals surface area contributed by atoms with Crippen LogP contribution in [-0.2, 0) is 11.2 Å². The van der Waals surface area contributed by atoms with Gasteiger partial charge in [-0.3, -0.25) is 4.79 Å². The number of amides is 1. The molecule has 0 saturated heterocycles. The molecule has 5 nitrogen and oxygen atoms in total.